The fourth-order valence-corrected chi connectivity index (χ4v) is 3.58. The smallest absolute Gasteiger partial charge is 0.254 e. The van der Waals surface area contributed by atoms with Gasteiger partial charge in [0.2, 0.25) is 5.75 Å². The van der Waals surface area contributed by atoms with Crippen molar-refractivity contribution in [3.05, 3.63) is 48.0 Å². The van der Waals surface area contributed by atoms with Crippen LogP contribution in [0, 0.1) is 0 Å². The molecule has 1 saturated heterocycles. The van der Waals surface area contributed by atoms with Gasteiger partial charge in [-0.2, -0.15) is 0 Å². The fourth-order valence-electron chi connectivity index (χ4n) is 3.58. The van der Waals surface area contributed by atoms with E-state index in [1.165, 1.54) is 21.3 Å². The number of hydrogen-bond donors (Lipinski definition) is 1. The number of ether oxygens (including phenoxy) is 4. The Hall–Kier alpha value is -2.97. The topological polar surface area (TPSA) is 80.7 Å². The van der Waals surface area contributed by atoms with Gasteiger partial charge in [-0.15, -0.1) is 0 Å². The molecule has 31 heavy (non-hydrogen) atoms. The molecule has 0 saturated carbocycles. The summed E-state index contributed by atoms with van der Waals surface area (Å²) < 4.78 is 21.6. The number of β-amino-alcohol motifs (C(OH)–C–C–N with tert-alkyl or cyclic N) is 1. The van der Waals surface area contributed by atoms with Crippen molar-refractivity contribution < 1.29 is 28.8 Å². The lowest BCUT2D eigenvalue weighted by atomic mass is 10.1. The van der Waals surface area contributed by atoms with Crippen molar-refractivity contribution in [2.45, 2.75) is 6.10 Å². The molecule has 1 aliphatic rings. The standard InChI is InChI=1S/C23H30N2O6/c1-28-20-13-17(14-21(29-2)22(20)30-3)23(27)25-11-9-24(10-12-25)15-18(26)16-31-19-7-5-4-6-8-19/h4-8,13-14,18,26H,9-12,15-16H2,1-3H3/t18-/m0/s1. The van der Waals surface area contributed by atoms with Crippen LogP contribution >= 0.6 is 0 Å². The van der Waals surface area contributed by atoms with E-state index in [0.29, 0.717) is 55.5 Å². The highest BCUT2D eigenvalue weighted by Gasteiger charge is 2.25. The lowest BCUT2D eigenvalue weighted by molar-refractivity contribution is 0.0403. The molecule has 1 fully saturated rings. The van der Waals surface area contributed by atoms with Gasteiger partial charge in [0.15, 0.2) is 11.5 Å². The Kier molecular flexibility index (Phi) is 7.97. The minimum Gasteiger partial charge on any atom is -0.493 e. The number of amides is 1. The van der Waals surface area contributed by atoms with Crippen LogP contribution in [0.15, 0.2) is 42.5 Å². The van der Waals surface area contributed by atoms with Gasteiger partial charge in [-0.1, -0.05) is 18.2 Å². The number of methoxy groups -OCH3 is 3. The molecular weight excluding hydrogens is 400 g/mol. The van der Waals surface area contributed by atoms with Crippen LogP contribution in [0.1, 0.15) is 10.4 Å². The predicted octanol–water partition coefficient (Wildman–Crippen LogP) is 1.91. The van der Waals surface area contributed by atoms with Gasteiger partial charge in [0.1, 0.15) is 18.5 Å². The van der Waals surface area contributed by atoms with Crippen molar-refractivity contribution in [2.24, 2.45) is 0 Å². The van der Waals surface area contributed by atoms with Gasteiger partial charge >= 0.3 is 0 Å². The number of hydrogen-bond acceptors (Lipinski definition) is 7. The summed E-state index contributed by atoms with van der Waals surface area (Å²) in [5.41, 5.74) is 0.485. The molecule has 0 aliphatic carbocycles. The van der Waals surface area contributed by atoms with E-state index >= 15 is 0 Å². The van der Waals surface area contributed by atoms with E-state index in [9.17, 15) is 9.90 Å². The minimum atomic E-state index is -0.599. The predicted molar refractivity (Wildman–Crippen MR) is 116 cm³/mol. The van der Waals surface area contributed by atoms with E-state index in [1.54, 1.807) is 17.0 Å². The maximum Gasteiger partial charge on any atom is 0.254 e. The Morgan fingerprint density at radius 1 is 0.968 bits per heavy atom. The Morgan fingerprint density at radius 3 is 2.13 bits per heavy atom. The normalized spacial score (nSPS) is 15.3. The van der Waals surface area contributed by atoms with Crippen molar-refractivity contribution in [3.63, 3.8) is 0 Å². The third-order valence-electron chi connectivity index (χ3n) is 5.23. The number of para-hydroxylation sites is 1. The summed E-state index contributed by atoms with van der Waals surface area (Å²) in [7, 11) is 4.58. The van der Waals surface area contributed by atoms with Crippen LogP contribution in [0.3, 0.4) is 0 Å². The molecule has 8 nitrogen and oxygen atoms in total. The summed E-state index contributed by atoms with van der Waals surface area (Å²) in [6.45, 7) is 3.23. The van der Waals surface area contributed by atoms with Crippen LogP contribution in [0.4, 0.5) is 0 Å². The van der Waals surface area contributed by atoms with Crippen LogP contribution in [-0.2, 0) is 0 Å². The highest BCUT2D eigenvalue weighted by molar-refractivity contribution is 5.95. The van der Waals surface area contributed by atoms with Crippen molar-refractivity contribution in [1.29, 1.82) is 0 Å². The number of piperazine rings is 1. The number of aliphatic hydroxyl groups is 1. The average Bonchev–Trinajstić information content (AvgIpc) is 2.82. The molecule has 0 radical (unpaired) electrons. The molecular formula is C23H30N2O6. The molecule has 2 aromatic carbocycles. The Morgan fingerprint density at radius 2 is 1.58 bits per heavy atom. The summed E-state index contributed by atoms with van der Waals surface area (Å²) >= 11 is 0. The van der Waals surface area contributed by atoms with Gasteiger partial charge in [-0.05, 0) is 24.3 Å². The number of carbonyl (C=O) groups excluding carboxylic acids is 1. The van der Waals surface area contributed by atoms with E-state index in [4.69, 9.17) is 18.9 Å². The second kappa shape index (κ2) is 10.9. The number of aliphatic hydroxyl groups excluding tert-OH is 1. The summed E-state index contributed by atoms with van der Waals surface area (Å²) in [5.74, 6) is 2.00. The second-order valence-corrected chi connectivity index (χ2v) is 7.28. The van der Waals surface area contributed by atoms with Crippen molar-refractivity contribution in [1.82, 2.24) is 9.80 Å². The minimum absolute atomic E-state index is 0.0909. The van der Waals surface area contributed by atoms with Crippen LogP contribution in [-0.4, -0.2) is 87.6 Å². The first-order chi connectivity index (χ1) is 15.0. The zero-order chi connectivity index (χ0) is 22.2. The maximum absolute atomic E-state index is 13.0. The fraction of sp³-hybridized carbons (Fsp3) is 0.435. The first-order valence-electron chi connectivity index (χ1n) is 10.2. The molecule has 168 valence electrons. The molecule has 0 spiro atoms. The summed E-state index contributed by atoms with van der Waals surface area (Å²) in [4.78, 5) is 16.9. The molecule has 1 atom stereocenters. The lowest BCUT2D eigenvalue weighted by Crippen LogP contribution is -2.51. The number of nitrogens with zero attached hydrogens (tertiary/aromatic N) is 2. The zero-order valence-corrected chi connectivity index (χ0v) is 18.2. The van der Waals surface area contributed by atoms with E-state index in [1.807, 2.05) is 30.3 Å². The van der Waals surface area contributed by atoms with Crippen LogP contribution in [0.5, 0.6) is 23.0 Å². The zero-order valence-electron chi connectivity index (χ0n) is 18.2. The molecule has 1 N–H and O–H groups in total. The largest absolute Gasteiger partial charge is 0.493 e. The van der Waals surface area contributed by atoms with Gasteiger partial charge in [-0.3, -0.25) is 9.69 Å². The quantitative estimate of drug-likeness (QED) is 0.651. The summed E-state index contributed by atoms with van der Waals surface area (Å²) in [6, 6.07) is 12.8. The Bertz CT molecular complexity index is 827. The first kappa shape index (κ1) is 22.7. The van der Waals surface area contributed by atoms with E-state index in [0.717, 1.165) is 5.75 Å². The molecule has 8 heteroatoms. The molecule has 0 aromatic heterocycles. The average molecular weight is 431 g/mol. The third kappa shape index (κ3) is 5.80. The Labute approximate surface area is 182 Å². The van der Waals surface area contributed by atoms with Gasteiger partial charge in [-0.25, -0.2) is 0 Å². The number of carbonyl (C=O) groups is 1. The molecule has 2 aromatic rings. The number of rotatable bonds is 9. The van der Waals surface area contributed by atoms with Crippen molar-refractivity contribution >= 4 is 5.91 Å². The summed E-state index contributed by atoms with van der Waals surface area (Å²) in [6.07, 6.45) is -0.599. The molecule has 0 bridgehead atoms. The van der Waals surface area contributed by atoms with Crippen LogP contribution < -0.4 is 18.9 Å². The lowest BCUT2D eigenvalue weighted by Gasteiger charge is -2.35. The molecule has 3 rings (SSSR count). The molecule has 0 unspecified atom stereocenters. The maximum atomic E-state index is 13.0. The summed E-state index contributed by atoms with van der Waals surface area (Å²) in [5, 5.41) is 10.3. The highest BCUT2D eigenvalue weighted by atomic mass is 16.5. The van der Waals surface area contributed by atoms with Crippen molar-refractivity contribution in [2.75, 3.05) is 60.7 Å². The molecule has 1 aliphatic heterocycles. The monoisotopic (exact) mass is 430 g/mol. The SMILES string of the molecule is COc1cc(C(=O)N2CCN(C[C@H](O)COc3ccccc3)CC2)cc(OC)c1OC. The van der Waals surface area contributed by atoms with E-state index in [2.05, 4.69) is 4.90 Å². The van der Waals surface area contributed by atoms with Gasteiger partial charge < -0.3 is 29.0 Å². The Balaban J connectivity index is 1.52. The molecule has 1 amide bonds. The second-order valence-electron chi connectivity index (χ2n) is 7.28. The first-order valence-corrected chi connectivity index (χ1v) is 10.2. The highest BCUT2D eigenvalue weighted by Crippen LogP contribution is 2.38. The van der Waals surface area contributed by atoms with Crippen LogP contribution in [0.2, 0.25) is 0 Å². The van der Waals surface area contributed by atoms with Crippen LogP contribution in [0.25, 0.3) is 0 Å². The van der Waals surface area contributed by atoms with E-state index < -0.39 is 6.10 Å². The number of benzene rings is 2. The van der Waals surface area contributed by atoms with Crippen molar-refractivity contribution in [3.8, 4) is 23.0 Å². The van der Waals surface area contributed by atoms with Gasteiger partial charge in [0.25, 0.3) is 5.91 Å². The van der Waals surface area contributed by atoms with Gasteiger partial charge in [0.05, 0.1) is 21.3 Å². The third-order valence-corrected chi connectivity index (χ3v) is 5.23. The van der Waals surface area contributed by atoms with E-state index in [-0.39, 0.29) is 12.5 Å². The van der Waals surface area contributed by atoms with Gasteiger partial charge in [0, 0.05) is 38.3 Å². The molecule has 1 heterocycles.